The van der Waals surface area contributed by atoms with Gasteiger partial charge >= 0.3 is 6.61 Å². The van der Waals surface area contributed by atoms with E-state index >= 15 is 0 Å². The highest BCUT2D eigenvalue weighted by atomic mass is 19.3. The van der Waals surface area contributed by atoms with Crippen LogP contribution in [0, 0.1) is 0 Å². The summed E-state index contributed by atoms with van der Waals surface area (Å²) in [5, 5.41) is 17.8. The quantitative estimate of drug-likeness (QED) is 0.483. The van der Waals surface area contributed by atoms with Crippen molar-refractivity contribution < 1.29 is 18.6 Å². The fourth-order valence-corrected chi connectivity index (χ4v) is 4.15. The topological polar surface area (TPSA) is 97.5 Å². The summed E-state index contributed by atoms with van der Waals surface area (Å²) in [4.78, 5) is 12.8. The third-order valence-corrected chi connectivity index (χ3v) is 5.86. The lowest BCUT2D eigenvalue weighted by molar-refractivity contribution is -0.0519. The highest BCUT2D eigenvalue weighted by Crippen LogP contribution is 2.34. The second-order valence-corrected chi connectivity index (χ2v) is 8.32. The number of benzene rings is 1. The molecule has 1 aromatic carbocycles. The van der Waals surface area contributed by atoms with Gasteiger partial charge in [0, 0.05) is 30.2 Å². The van der Waals surface area contributed by atoms with E-state index in [1.807, 2.05) is 25.1 Å². The lowest BCUT2D eigenvalue weighted by Gasteiger charge is -2.33. The van der Waals surface area contributed by atoms with E-state index in [4.69, 9.17) is 4.74 Å². The molecule has 2 N–H and O–H groups in total. The number of aliphatic hydroxyl groups is 1. The molecule has 1 fully saturated rings. The third kappa shape index (κ3) is 4.05. The highest BCUT2D eigenvalue weighted by molar-refractivity contribution is 5.89. The van der Waals surface area contributed by atoms with Gasteiger partial charge in [0.1, 0.15) is 5.52 Å². The molecule has 0 unspecified atom stereocenters. The monoisotopic (exact) mass is 440 g/mol. The summed E-state index contributed by atoms with van der Waals surface area (Å²) >= 11 is 0. The van der Waals surface area contributed by atoms with E-state index in [1.54, 1.807) is 24.7 Å². The number of hydrogen-bond acceptors (Lipinski definition) is 7. The molecule has 1 saturated carbocycles. The first-order valence-electron chi connectivity index (χ1n) is 10.4. The molecule has 3 aromatic heterocycles. The number of nitrogens with one attached hydrogen (secondary N) is 1. The lowest BCUT2D eigenvalue weighted by atomic mass is 9.84. The van der Waals surface area contributed by atoms with Crippen LogP contribution in [0.1, 0.15) is 32.6 Å². The van der Waals surface area contributed by atoms with E-state index in [9.17, 15) is 13.9 Å². The predicted octanol–water partition coefficient (Wildman–Crippen LogP) is 4.05. The number of alkyl halides is 2. The van der Waals surface area contributed by atoms with Crippen LogP contribution in [-0.2, 0) is 0 Å². The number of ether oxygens (including phenoxy) is 1. The molecule has 4 aromatic rings. The van der Waals surface area contributed by atoms with Crippen LogP contribution in [0.15, 0.2) is 42.9 Å². The molecule has 32 heavy (non-hydrogen) atoms. The van der Waals surface area contributed by atoms with Crippen molar-refractivity contribution in [1.29, 1.82) is 0 Å². The number of hydrogen-bond donors (Lipinski definition) is 2. The molecule has 1 aliphatic carbocycles. The summed E-state index contributed by atoms with van der Waals surface area (Å²) in [6, 6.07) is 7.33. The molecule has 0 aliphatic heterocycles. The molecule has 5 rings (SSSR count). The maximum absolute atomic E-state index is 13.2. The van der Waals surface area contributed by atoms with Crippen molar-refractivity contribution >= 4 is 22.5 Å². The van der Waals surface area contributed by atoms with Crippen LogP contribution in [0.4, 0.5) is 14.7 Å². The molecule has 10 heteroatoms. The van der Waals surface area contributed by atoms with E-state index in [1.165, 1.54) is 4.52 Å². The van der Waals surface area contributed by atoms with Crippen LogP contribution in [0.25, 0.3) is 27.7 Å². The highest BCUT2D eigenvalue weighted by Gasteiger charge is 2.29. The second-order valence-electron chi connectivity index (χ2n) is 8.32. The summed E-state index contributed by atoms with van der Waals surface area (Å²) in [5.41, 5.74) is 2.50. The molecular formula is C22H22F2N6O2. The zero-order chi connectivity index (χ0) is 22.3. The van der Waals surface area contributed by atoms with Gasteiger partial charge in [-0.2, -0.15) is 13.8 Å². The molecule has 0 spiro atoms. The Morgan fingerprint density at radius 3 is 2.66 bits per heavy atom. The molecular weight excluding hydrogens is 418 g/mol. The molecule has 0 atom stereocenters. The molecule has 0 saturated heterocycles. The van der Waals surface area contributed by atoms with Crippen LogP contribution in [0.2, 0.25) is 0 Å². The van der Waals surface area contributed by atoms with E-state index in [0.29, 0.717) is 29.4 Å². The Labute approximate surface area is 182 Å². The van der Waals surface area contributed by atoms with Gasteiger partial charge in [-0.15, -0.1) is 5.10 Å². The Morgan fingerprint density at radius 1 is 1.16 bits per heavy atom. The SMILES string of the molecule is CC1(O)CCC(Nc2nc(OC(F)F)c3c(-c4ccc5nccnc5c4)ccn3n2)CC1. The number of fused-ring (bicyclic) bond motifs is 2. The van der Waals surface area contributed by atoms with Crippen molar-refractivity contribution in [3.8, 4) is 17.0 Å². The van der Waals surface area contributed by atoms with Gasteiger partial charge < -0.3 is 15.2 Å². The number of aromatic nitrogens is 5. The van der Waals surface area contributed by atoms with Crippen LogP contribution in [0.5, 0.6) is 5.88 Å². The Hall–Kier alpha value is -3.40. The Morgan fingerprint density at radius 2 is 1.91 bits per heavy atom. The lowest BCUT2D eigenvalue weighted by Crippen LogP contribution is -2.36. The standard InChI is InChI=1S/C22H22F2N6O2/c1-22(31)7-4-14(5-8-22)27-21-28-19(32-20(23)24)18-15(6-11-30(18)29-21)13-2-3-16-17(12-13)26-10-9-25-16/h2-3,6,9-12,14,20,31H,4-5,7-8H2,1H3,(H,27,29). The van der Waals surface area contributed by atoms with Crippen molar-refractivity contribution in [3.63, 3.8) is 0 Å². The number of rotatable bonds is 5. The number of halogens is 2. The van der Waals surface area contributed by atoms with Crippen LogP contribution < -0.4 is 10.1 Å². The molecule has 0 amide bonds. The molecule has 0 radical (unpaired) electrons. The summed E-state index contributed by atoms with van der Waals surface area (Å²) in [6.45, 7) is -1.21. The van der Waals surface area contributed by atoms with Crippen LogP contribution >= 0.6 is 0 Å². The zero-order valence-electron chi connectivity index (χ0n) is 17.4. The van der Waals surface area contributed by atoms with E-state index in [-0.39, 0.29) is 17.9 Å². The fourth-order valence-electron chi connectivity index (χ4n) is 4.15. The van der Waals surface area contributed by atoms with E-state index < -0.39 is 12.2 Å². The summed E-state index contributed by atoms with van der Waals surface area (Å²) in [5.74, 6) is -0.00855. The fraction of sp³-hybridized carbons (Fsp3) is 0.364. The molecule has 1 aliphatic rings. The zero-order valence-corrected chi connectivity index (χ0v) is 17.4. The van der Waals surface area contributed by atoms with Crippen molar-refractivity contribution in [2.24, 2.45) is 0 Å². The maximum atomic E-state index is 13.2. The van der Waals surface area contributed by atoms with Gasteiger partial charge in [0.2, 0.25) is 11.8 Å². The van der Waals surface area contributed by atoms with Crippen molar-refractivity contribution in [2.45, 2.75) is 50.9 Å². The van der Waals surface area contributed by atoms with Crippen LogP contribution in [-0.4, -0.2) is 47.9 Å². The summed E-state index contributed by atoms with van der Waals surface area (Å²) < 4.78 is 32.7. The van der Waals surface area contributed by atoms with Crippen molar-refractivity contribution in [2.75, 3.05) is 5.32 Å². The third-order valence-electron chi connectivity index (χ3n) is 5.86. The first kappa shape index (κ1) is 20.5. The minimum absolute atomic E-state index is 0.0427. The first-order chi connectivity index (χ1) is 15.4. The van der Waals surface area contributed by atoms with Gasteiger partial charge in [0.15, 0.2) is 0 Å². The first-order valence-corrected chi connectivity index (χ1v) is 10.4. The van der Waals surface area contributed by atoms with Gasteiger partial charge in [0.05, 0.1) is 16.6 Å². The van der Waals surface area contributed by atoms with Gasteiger partial charge in [-0.1, -0.05) is 6.07 Å². The molecule has 166 valence electrons. The van der Waals surface area contributed by atoms with Gasteiger partial charge in [-0.3, -0.25) is 9.97 Å². The largest absolute Gasteiger partial charge is 0.414 e. The predicted molar refractivity (Wildman–Crippen MR) is 115 cm³/mol. The Balaban J connectivity index is 1.53. The molecule has 0 bridgehead atoms. The van der Waals surface area contributed by atoms with E-state index in [2.05, 4.69) is 25.4 Å². The van der Waals surface area contributed by atoms with E-state index in [0.717, 1.165) is 23.9 Å². The Bertz CT molecular complexity index is 1270. The Kier molecular flexibility index (Phi) is 5.09. The minimum Gasteiger partial charge on any atom is -0.414 e. The summed E-state index contributed by atoms with van der Waals surface area (Å²) in [6.07, 6.45) is 7.64. The minimum atomic E-state index is -3.03. The smallest absolute Gasteiger partial charge is 0.388 e. The maximum Gasteiger partial charge on any atom is 0.388 e. The molecule has 3 heterocycles. The summed E-state index contributed by atoms with van der Waals surface area (Å²) in [7, 11) is 0. The average molecular weight is 440 g/mol. The van der Waals surface area contributed by atoms with Gasteiger partial charge in [-0.25, -0.2) is 4.52 Å². The van der Waals surface area contributed by atoms with Crippen molar-refractivity contribution in [3.05, 3.63) is 42.9 Å². The second kappa shape index (κ2) is 7.94. The van der Waals surface area contributed by atoms with Gasteiger partial charge in [-0.05, 0) is 56.4 Å². The van der Waals surface area contributed by atoms with Crippen molar-refractivity contribution in [1.82, 2.24) is 24.6 Å². The van der Waals surface area contributed by atoms with Gasteiger partial charge in [0.25, 0.3) is 0 Å². The normalized spacial score (nSPS) is 21.3. The number of nitrogens with zero attached hydrogens (tertiary/aromatic N) is 5. The number of anilines is 1. The van der Waals surface area contributed by atoms with Crippen LogP contribution in [0.3, 0.4) is 0 Å². The molecule has 8 nitrogen and oxygen atoms in total. The average Bonchev–Trinajstić information content (AvgIpc) is 3.19.